The number of halogens is 1. The Morgan fingerprint density at radius 2 is 1.86 bits per heavy atom. The molecule has 0 aliphatic heterocycles. The second-order valence-corrected chi connectivity index (χ2v) is 9.98. The average Bonchev–Trinajstić information content (AvgIpc) is 3.43. The van der Waals surface area contributed by atoms with Crippen LogP contribution in [0.2, 0.25) is 5.02 Å². The Bertz CT molecular complexity index is 2080. The number of carbonyl (C=O) groups is 1. The van der Waals surface area contributed by atoms with Crippen LogP contribution in [0.5, 0.6) is 11.5 Å². The zero-order chi connectivity index (χ0) is 29.9. The Morgan fingerprint density at radius 3 is 2.70 bits per heavy atom. The molecule has 214 valence electrons. The molecule has 0 unspecified atom stereocenters. The smallest absolute Gasteiger partial charge is 0.335 e. The van der Waals surface area contributed by atoms with Crippen LogP contribution < -0.4 is 15.0 Å². The van der Waals surface area contributed by atoms with Gasteiger partial charge in [0.05, 0.1) is 29.3 Å². The number of hydrogen-bond acceptors (Lipinski definition) is 7. The Morgan fingerprint density at radius 1 is 1.00 bits per heavy atom. The van der Waals surface area contributed by atoms with E-state index in [1.165, 1.54) is 17.0 Å². The molecule has 0 bridgehead atoms. The van der Waals surface area contributed by atoms with Crippen molar-refractivity contribution < 1.29 is 23.8 Å². The summed E-state index contributed by atoms with van der Waals surface area (Å²) in [6, 6.07) is 25.9. The van der Waals surface area contributed by atoms with Gasteiger partial charge in [0.15, 0.2) is 17.3 Å². The summed E-state index contributed by atoms with van der Waals surface area (Å²) < 4.78 is 19.0. The molecular weight excluding hydrogens is 570 g/mol. The number of carboxylic acid groups (broad SMARTS) is 1. The number of aromatic carboxylic acids is 1. The average molecular weight is 594 g/mol. The predicted molar refractivity (Wildman–Crippen MR) is 165 cm³/mol. The molecule has 0 fully saturated rings. The van der Waals surface area contributed by atoms with Crippen molar-refractivity contribution in [2.24, 2.45) is 5.10 Å². The molecule has 0 spiro atoms. The van der Waals surface area contributed by atoms with Gasteiger partial charge in [-0.2, -0.15) is 9.78 Å². The fourth-order valence-electron chi connectivity index (χ4n) is 4.59. The molecule has 4 aromatic carbocycles. The molecule has 43 heavy (non-hydrogen) atoms. The Labute approximate surface area is 250 Å². The van der Waals surface area contributed by atoms with Gasteiger partial charge in [0.2, 0.25) is 5.82 Å². The van der Waals surface area contributed by atoms with Crippen molar-refractivity contribution in [3.8, 4) is 23.1 Å². The van der Waals surface area contributed by atoms with E-state index in [9.17, 15) is 14.7 Å². The Hall–Kier alpha value is -5.41. The third-order valence-electron chi connectivity index (χ3n) is 6.61. The molecule has 6 aromatic rings. The number of carboxylic acids is 1. The lowest BCUT2D eigenvalue weighted by molar-refractivity contribution is 0.0696. The van der Waals surface area contributed by atoms with Crippen molar-refractivity contribution >= 4 is 45.7 Å². The van der Waals surface area contributed by atoms with Gasteiger partial charge < -0.3 is 19.0 Å². The minimum absolute atomic E-state index is 0.152. The molecule has 2 heterocycles. The van der Waals surface area contributed by atoms with E-state index in [-0.39, 0.29) is 23.6 Å². The first-order valence-electron chi connectivity index (χ1n) is 13.4. The second-order valence-electron chi connectivity index (χ2n) is 9.54. The molecule has 0 saturated heterocycles. The van der Waals surface area contributed by atoms with E-state index in [2.05, 4.69) is 5.10 Å². The highest BCUT2D eigenvalue weighted by atomic mass is 35.5. The van der Waals surface area contributed by atoms with Crippen LogP contribution >= 0.6 is 11.6 Å². The molecule has 0 saturated carbocycles. The van der Waals surface area contributed by atoms with Gasteiger partial charge in [-0.3, -0.25) is 4.79 Å². The standard InChI is InChI=1S/C33H24ClN3O6/c1-2-41-29-15-20(10-12-28(29)42-19-21-6-5-7-22(14-21)33(39)40)18-35-37-31(36-26-9-4-3-8-25(26)32(37)38)30-17-23-16-24(34)11-13-27(23)43-30/h3-18H,2,19H2,1H3,(H,39,40). The molecule has 1 N–H and O–H groups in total. The van der Waals surface area contributed by atoms with Crippen LogP contribution in [0.15, 0.2) is 105 Å². The van der Waals surface area contributed by atoms with Crippen molar-refractivity contribution in [3.05, 3.63) is 123 Å². The van der Waals surface area contributed by atoms with Gasteiger partial charge in [-0.25, -0.2) is 9.78 Å². The number of hydrogen-bond donors (Lipinski definition) is 1. The van der Waals surface area contributed by atoms with Crippen molar-refractivity contribution in [1.82, 2.24) is 9.66 Å². The minimum Gasteiger partial charge on any atom is -0.490 e. The lowest BCUT2D eigenvalue weighted by atomic mass is 10.1. The van der Waals surface area contributed by atoms with E-state index in [0.717, 1.165) is 5.39 Å². The normalized spacial score (nSPS) is 11.4. The van der Waals surface area contributed by atoms with E-state index in [1.807, 2.05) is 13.0 Å². The van der Waals surface area contributed by atoms with E-state index in [1.54, 1.807) is 78.9 Å². The SMILES string of the molecule is CCOc1cc(C=Nn2c(-c3cc4cc(Cl)ccc4o3)nc3ccccc3c2=O)ccc1OCc1cccc(C(=O)O)c1. The number of ether oxygens (including phenoxy) is 2. The molecule has 0 atom stereocenters. The van der Waals surface area contributed by atoms with Crippen LogP contribution in [0.1, 0.15) is 28.4 Å². The number of para-hydroxylation sites is 1. The Balaban J connectivity index is 1.35. The maximum absolute atomic E-state index is 13.6. The molecule has 10 heteroatoms. The number of fused-ring (bicyclic) bond motifs is 2. The molecule has 0 radical (unpaired) electrons. The molecule has 0 aliphatic rings. The number of furan rings is 1. The zero-order valence-electron chi connectivity index (χ0n) is 22.9. The molecule has 6 rings (SSSR count). The van der Waals surface area contributed by atoms with Crippen molar-refractivity contribution in [2.45, 2.75) is 13.5 Å². The van der Waals surface area contributed by atoms with Crippen LogP contribution in [0.25, 0.3) is 33.5 Å². The first-order chi connectivity index (χ1) is 20.9. The number of nitrogens with zero attached hydrogens (tertiary/aromatic N) is 3. The van der Waals surface area contributed by atoms with Crippen LogP contribution in [0.4, 0.5) is 0 Å². The first-order valence-corrected chi connectivity index (χ1v) is 13.7. The van der Waals surface area contributed by atoms with Gasteiger partial charge in [0.1, 0.15) is 12.2 Å². The number of rotatable bonds is 9. The molecule has 9 nitrogen and oxygen atoms in total. The van der Waals surface area contributed by atoms with Gasteiger partial charge in [-0.1, -0.05) is 35.9 Å². The Kier molecular flexibility index (Phi) is 7.63. The topological polar surface area (TPSA) is 116 Å². The first kappa shape index (κ1) is 27.7. The molecule has 0 amide bonds. The van der Waals surface area contributed by atoms with Gasteiger partial charge >= 0.3 is 5.97 Å². The predicted octanol–water partition coefficient (Wildman–Crippen LogP) is 7.02. The number of aromatic nitrogens is 2. The summed E-state index contributed by atoms with van der Waals surface area (Å²) in [7, 11) is 0. The highest BCUT2D eigenvalue weighted by molar-refractivity contribution is 6.31. The molecular formula is C33H24ClN3O6. The summed E-state index contributed by atoms with van der Waals surface area (Å²) in [5.41, 5.74) is 2.29. The third-order valence-corrected chi connectivity index (χ3v) is 6.85. The van der Waals surface area contributed by atoms with E-state index in [4.69, 9.17) is 30.5 Å². The van der Waals surface area contributed by atoms with Gasteiger partial charge in [0, 0.05) is 10.4 Å². The van der Waals surface area contributed by atoms with Crippen molar-refractivity contribution in [1.29, 1.82) is 0 Å². The van der Waals surface area contributed by atoms with Gasteiger partial charge in [-0.15, -0.1) is 0 Å². The van der Waals surface area contributed by atoms with Crippen LogP contribution in [-0.2, 0) is 6.61 Å². The second kappa shape index (κ2) is 11.8. The van der Waals surface area contributed by atoms with Gasteiger partial charge in [0.25, 0.3) is 5.56 Å². The quantitative estimate of drug-likeness (QED) is 0.179. The summed E-state index contributed by atoms with van der Waals surface area (Å²) in [6.45, 7) is 2.40. The van der Waals surface area contributed by atoms with Crippen molar-refractivity contribution in [2.75, 3.05) is 6.61 Å². The van der Waals surface area contributed by atoms with Crippen LogP contribution in [-0.4, -0.2) is 33.6 Å². The highest BCUT2D eigenvalue weighted by Gasteiger charge is 2.17. The summed E-state index contributed by atoms with van der Waals surface area (Å²) >= 11 is 6.16. The van der Waals surface area contributed by atoms with E-state index in [0.29, 0.717) is 56.5 Å². The van der Waals surface area contributed by atoms with Crippen LogP contribution in [0.3, 0.4) is 0 Å². The van der Waals surface area contributed by atoms with E-state index >= 15 is 0 Å². The van der Waals surface area contributed by atoms with Crippen LogP contribution in [0, 0.1) is 0 Å². The summed E-state index contributed by atoms with van der Waals surface area (Å²) in [5, 5.41) is 15.5. The monoisotopic (exact) mass is 593 g/mol. The zero-order valence-corrected chi connectivity index (χ0v) is 23.6. The highest BCUT2D eigenvalue weighted by Crippen LogP contribution is 2.31. The van der Waals surface area contributed by atoms with Crippen molar-refractivity contribution in [3.63, 3.8) is 0 Å². The van der Waals surface area contributed by atoms with E-state index < -0.39 is 5.97 Å². The molecule has 0 aliphatic carbocycles. The van der Waals surface area contributed by atoms with Gasteiger partial charge in [-0.05, 0) is 84.8 Å². The summed E-state index contributed by atoms with van der Waals surface area (Å²) in [6.07, 6.45) is 1.53. The summed E-state index contributed by atoms with van der Waals surface area (Å²) in [4.78, 5) is 29.6. The fourth-order valence-corrected chi connectivity index (χ4v) is 4.77. The fraction of sp³-hybridized carbons (Fsp3) is 0.0909. The maximum Gasteiger partial charge on any atom is 0.335 e. The largest absolute Gasteiger partial charge is 0.490 e. The number of benzene rings is 4. The summed E-state index contributed by atoms with van der Waals surface area (Å²) in [5.74, 6) is 0.544. The minimum atomic E-state index is -1.01. The lowest BCUT2D eigenvalue weighted by Gasteiger charge is -2.13. The third kappa shape index (κ3) is 5.84. The molecule has 2 aromatic heterocycles. The maximum atomic E-state index is 13.6. The lowest BCUT2D eigenvalue weighted by Crippen LogP contribution is -2.20.